The zero-order valence-corrected chi connectivity index (χ0v) is 11.0. The molecule has 3 heteroatoms. The summed E-state index contributed by atoms with van der Waals surface area (Å²) >= 11 is 0. The predicted molar refractivity (Wildman–Crippen MR) is 71.3 cm³/mol. The standard InChI is InChI=1S/C15H22FNO/c1-2-9-17-11-12-7-8-15(14(16)10-12)18-13-5-3-4-6-13/h7-8,10,13,17H,2-6,9,11H2,1H3. The molecule has 0 radical (unpaired) electrons. The van der Waals surface area contributed by atoms with E-state index >= 15 is 0 Å². The van der Waals surface area contributed by atoms with Gasteiger partial charge in [0.25, 0.3) is 0 Å². The Morgan fingerprint density at radius 3 is 2.78 bits per heavy atom. The third-order valence-electron chi connectivity index (χ3n) is 3.35. The van der Waals surface area contributed by atoms with E-state index in [-0.39, 0.29) is 11.9 Å². The number of halogens is 1. The molecular weight excluding hydrogens is 229 g/mol. The van der Waals surface area contributed by atoms with Gasteiger partial charge in [-0.2, -0.15) is 0 Å². The van der Waals surface area contributed by atoms with Gasteiger partial charge in [-0.3, -0.25) is 0 Å². The van der Waals surface area contributed by atoms with Crippen LogP contribution in [0.5, 0.6) is 5.75 Å². The average molecular weight is 251 g/mol. The Balaban J connectivity index is 1.91. The molecule has 2 rings (SSSR count). The Morgan fingerprint density at radius 1 is 1.33 bits per heavy atom. The van der Waals surface area contributed by atoms with E-state index in [1.54, 1.807) is 12.1 Å². The Bertz CT molecular complexity index is 375. The summed E-state index contributed by atoms with van der Waals surface area (Å²) in [6.07, 6.45) is 5.81. The Morgan fingerprint density at radius 2 is 2.11 bits per heavy atom. The van der Waals surface area contributed by atoms with E-state index in [0.29, 0.717) is 12.3 Å². The van der Waals surface area contributed by atoms with Crippen LogP contribution in [0, 0.1) is 5.82 Å². The fraction of sp³-hybridized carbons (Fsp3) is 0.600. The second-order valence-electron chi connectivity index (χ2n) is 4.97. The quantitative estimate of drug-likeness (QED) is 0.779. The van der Waals surface area contributed by atoms with Crippen molar-refractivity contribution in [1.82, 2.24) is 5.32 Å². The molecule has 2 nitrogen and oxygen atoms in total. The molecule has 18 heavy (non-hydrogen) atoms. The molecule has 100 valence electrons. The number of hydrogen-bond acceptors (Lipinski definition) is 2. The van der Waals surface area contributed by atoms with Gasteiger partial charge in [0.05, 0.1) is 6.10 Å². The topological polar surface area (TPSA) is 21.3 Å². The molecule has 0 heterocycles. The van der Waals surface area contributed by atoms with Gasteiger partial charge in [0.2, 0.25) is 0 Å². The average Bonchev–Trinajstić information content (AvgIpc) is 2.86. The summed E-state index contributed by atoms with van der Waals surface area (Å²) in [5.41, 5.74) is 0.972. The van der Waals surface area contributed by atoms with Crippen molar-refractivity contribution in [2.24, 2.45) is 0 Å². The predicted octanol–water partition coefficient (Wildman–Crippen LogP) is 3.65. The molecule has 0 aliphatic heterocycles. The van der Waals surface area contributed by atoms with Gasteiger partial charge in [-0.25, -0.2) is 4.39 Å². The molecule has 0 bridgehead atoms. The van der Waals surface area contributed by atoms with Crippen molar-refractivity contribution in [3.8, 4) is 5.75 Å². The molecule has 1 aromatic rings. The molecule has 0 amide bonds. The Hall–Kier alpha value is -1.09. The Labute approximate surface area is 109 Å². The van der Waals surface area contributed by atoms with Crippen LogP contribution in [0.4, 0.5) is 4.39 Å². The van der Waals surface area contributed by atoms with E-state index in [2.05, 4.69) is 12.2 Å². The first-order valence-corrected chi connectivity index (χ1v) is 6.95. The van der Waals surface area contributed by atoms with E-state index in [4.69, 9.17) is 4.74 Å². The maximum atomic E-state index is 13.9. The van der Waals surface area contributed by atoms with Crippen molar-refractivity contribution in [1.29, 1.82) is 0 Å². The summed E-state index contributed by atoms with van der Waals surface area (Å²) < 4.78 is 19.6. The van der Waals surface area contributed by atoms with Crippen molar-refractivity contribution in [3.05, 3.63) is 29.6 Å². The SMILES string of the molecule is CCCNCc1ccc(OC2CCCC2)c(F)c1. The van der Waals surface area contributed by atoms with Crippen LogP contribution in [0.1, 0.15) is 44.6 Å². The van der Waals surface area contributed by atoms with Crippen LogP contribution in [0.3, 0.4) is 0 Å². The Kier molecular flexibility index (Phi) is 5.00. The minimum Gasteiger partial charge on any atom is -0.487 e. The molecule has 1 aromatic carbocycles. The number of nitrogens with one attached hydrogen (secondary N) is 1. The maximum Gasteiger partial charge on any atom is 0.165 e. The third-order valence-corrected chi connectivity index (χ3v) is 3.35. The first kappa shape index (κ1) is 13.3. The summed E-state index contributed by atoms with van der Waals surface area (Å²) in [6, 6.07) is 5.28. The highest BCUT2D eigenvalue weighted by molar-refractivity contribution is 5.29. The number of hydrogen-bond donors (Lipinski definition) is 1. The molecule has 0 aromatic heterocycles. The highest BCUT2D eigenvalue weighted by Gasteiger charge is 2.18. The van der Waals surface area contributed by atoms with Crippen LogP contribution in [0.2, 0.25) is 0 Å². The molecule has 0 spiro atoms. The molecule has 1 fully saturated rings. The van der Waals surface area contributed by atoms with Gasteiger partial charge in [-0.05, 0) is 56.3 Å². The highest BCUT2D eigenvalue weighted by atomic mass is 19.1. The van der Waals surface area contributed by atoms with Gasteiger partial charge in [-0.15, -0.1) is 0 Å². The molecule has 0 atom stereocenters. The van der Waals surface area contributed by atoms with Gasteiger partial charge in [0, 0.05) is 6.54 Å². The van der Waals surface area contributed by atoms with Crippen LogP contribution < -0.4 is 10.1 Å². The summed E-state index contributed by atoms with van der Waals surface area (Å²) in [6.45, 7) is 3.79. The van der Waals surface area contributed by atoms with Gasteiger partial charge < -0.3 is 10.1 Å². The van der Waals surface area contributed by atoms with Crippen molar-refractivity contribution in [2.75, 3.05) is 6.54 Å². The smallest absolute Gasteiger partial charge is 0.165 e. The van der Waals surface area contributed by atoms with E-state index in [9.17, 15) is 4.39 Å². The fourth-order valence-electron chi connectivity index (χ4n) is 2.35. The number of ether oxygens (including phenoxy) is 1. The summed E-state index contributed by atoms with van der Waals surface area (Å²) in [4.78, 5) is 0. The second kappa shape index (κ2) is 6.74. The first-order valence-electron chi connectivity index (χ1n) is 6.95. The van der Waals surface area contributed by atoms with Crippen molar-refractivity contribution in [2.45, 2.75) is 51.7 Å². The van der Waals surface area contributed by atoms with E-state index in [1.165, 1.54) is 12.8 Å². The molecule has 0 unspecified atom stereocenters. The zero-order valence-electron chi connectivity index (χ0n) is 11.0. The zero-order chi connectivity index (χ0) is 12.8. The first-order chi connectivity index (χ1) is 8.79. The lowest BCUT2D eigenvalue weighted by atomic mass is 10.2. The largest absolute Gasteiger partial charge is 0.487 e. The van der Waals surface area contributed by atoms with Crippen molar-refractivity contribution < 1.29 is 9.13 Å². The highest BCUT2D eigenvalue weighted by Crippen LogP contribution is 2.26. The van der Waals surface area contributed by atoms with Crippen LogP contribution in [-0.2, 0) is 6.54 Å². The van der Waals surface area contributed by atoms with Crippen LogP contribution >= 0.6 is 0 Å². The van der Waals surface area contributed by atoms with E-state index < -0.39 is 0 Å². The third kappa shape index (κ3) is 3.70. The summed E-state index contributed by atoms with van der Waals surface area (Å²) in [5, 5.41) is 3.26. The van der Waals surface area contributed by atoms with Gasteiger partial charge >= 0.3 is 0 Å². The minimum atomic E-state index is -0.238. The fourth-order valence-corrected chi connectivity index (χ4v) is 2.35. The molecule has 0 saturated heterocycles. The maximum absolute atomic E-state index is 13.9. The van der Waals surface area contributed by atoms with Gasteiger partial charge in [-0.1, -0.05) is 13.0 Å². The van der Waals surface area contributed by atoms with Crippen LogP contribution in [0.15, 0.2) is 18.2 Å². The molecule has 1 saturated carbocycles. The van der Waals surface area contributed by atoms with E-state index in [1.807, 2.05) is 6.07 Å². The van der Waals surface area contributed by atoms with Gasteiger partial charge in [0.15, 0.2) is 11.6 Å². The normalized spacial score (nSPS) is 16.1. The lowest BCUT2D eigenvalue weighted by Gasteiger charge is -2.14. The van der Waals surface area contributed by atoms with Crippen molar-refractivity contribution >= 4 is 0 Å². The minimum absolute atomic E-state index is 0.212. The lowest BCUT2D eigenvalue weighted by molar-refractivity contribution is 0.200. The number of benzene rings is 1. The number of rotatable bonds is 6. The summed E-state index contributed by atoms with van der Waals surface area (Å²) in [7, 11) is 0. The van der Waals surface area contributed by atoms with E-state index in [0.717, 1.165) is 31.4 Å². The molecule has 1 N–H and O–H groups in total. The molecular formula is C15H22FNO. The molecule has 1 aliphatic carbocycles. The van der Waals surface area contributed by atoms with Crippen molar-refractivity contribution in [3.63, 3.8) is 0 Å². The van der Waals surface area contributed by atoms with Crippen LogP contribution in [0.25, 0.3) is 0 Å². The summed E-state index contributed by atoms with van der Waals surface area (Å²) in [5.74, 6) is 0.166. The van der Waals surface area contributed by atoms with Gasteiger partial charge in [0.1, 0.15) is 0 Å². The lowest BCUT2D eigenvalue weighted by Crippen LogP contribution is -2.15. The molecule has 1 aliphatic rings. The van der Waals surface area contributed by atoms with Crippen LogP contribution in [-0.4, -0.2) is 12.6 Å². The second-order valence-corrected chi connectivity index (χ2v) is 4.97. The monoisotopic (exact) mass is 251 g/mol.